The lowest BCUT2D eigenvalue weighted by Gasteiger charge is -2.19. The Morgan fingerprint density at radius 3 is 2.10 bits per heavy atom. The lowest BCUT2D eigenvalue weighted by Crippen LogP contribution is -2.17. The first-order valence-electron chi connectivity index (χ1n) is 9.61. The minimum atomic E-state index is -5.04. The van der Waals surface area contributed by atoms with Gasteiger partial charge in [0, 0.05) is 5.56 Å². The van der Waals surface area contributed by atoms with E-state index in [-0.39, 0.29) is 41.7 Å². The Labute approximate surface area is 175 Å². The van der Waals surface area contributed by atoms with E-state index in [0.717, 1.165) is 6.07 Å². The van der Waals surface area contributed by atoms with E-state index >= 15 is 0 Å². The molecular formula is C20H23F6N3O2. The molecule has 0 saturated heterocycles. The van der Waals surface area contributed by atoms with Gasteiger partial charge in [0.05, 0.1) is 35.7 Å². The van der Waals surface area contributed by atoms with Crippen molar-refractivity contribution in [1.29, 1.82) is 0 Å². The first-order valence-corrected chi connectivity index (χ1v) is 9.61. The van der Waals surface area contributed by atoms with Gasteiger partial charge < -0.3 is 4.74 Å². The molecule has 5 nitrogen and oxygen atoms in total. The molecule has 0 unspecified atom stereocenters. The van der Waals surface area contributed by atoms with Crippen molar-refractivity contribution in [1.82, 2.24) is 9.97 Å². The summed E-state index contributed by atoms with van der Waals surface area (Å²) in [6.07, 6.45) is -8.51. The highest BCUT2D eigenvalue weighted by atomic mass is 19.4. The van der Waals surface area contributed by atoms with Gasteiger partial charge in [-0.3, -0.25) is 4.84 Å². The van der Waals surface area contributed by atoms with Gasteiger partial charge in [-0.1, -0.05) is 26.8 Å². The van der Waals surface area contributed by atoms with Crippen LogP contribution in [-0.2, 0) is 23.6 Å². The maximum Gasteiger partial charge on any atom is 0.417 e. The summed E-state index contributed by atoms with van der Waals surface area (Å²) in [5.74, 6) is -0.0818. The molecule has 0 saturated carbocycles. The number of aromatic nitrogens is 2. The van der Waals surface area contributed by atoms with E-state index in [2.05, 4.69) is 15.4 Å². The lowest BCUT2D eigenvalue weighted by atomic mass is 9.98. The summed E-state index contributed by atoms with van der Waals surface area (Å²) in [6.45, 7) is 5.48. The number of hydrogen-bond donors (Lipinski definition) is 1. The summed E-state index contributed by atoms with van der Waals surface area (Å²) in [4.78, 5) is 13.9. The molecule has 0 radical (unpaired) electrons. The normalized spacial score (nSPS) is 12.4. The van der Waals surface area contributed by atoms with Crippen LogP contribution in [0.2, 0.25) is 0 Å². The van der Waals surface area contributed by atoms with E-state index in [9.17, 15) is 26.3 Å². The third-order valence-electron chi connectivity index (χ3n) is 4.60. The van der Waals surface area contributed by atoms with Gasteiger partial charge in [0.1, 0.15) is 0 Å². The summed E-state index contributed by atoms with van der Waals surface area (Å²) < 4.78 is 84.9. The Morgan fingerprint density at radius 2 is 1.61 bits per heavy atom. The first-order chi connectivity index (χ1) is 14.5. The third-order valence-corrected chi connectivity index (χ3v) is 4.60. The fraction of sp³-hybridized carbons (Fsp3) is 0.500. The van der Waals surface area contributed by atoms with Crippen molar-refractivity contribution < 1.29 is 35.9 Å². The van der Waals surface area contributed by atoms with Crippen molar-refractivity contribution in [2.75, 3.05) is 12.6 Å². The second-order valence-electron chi connectivity index (χ2n) is 6.64. The molecule has 1 aromatic carbocycles. The maximum absolute atomic E-state index is 13.6. The largest absolute Gasteiger partial charge is 0.478 e. The van der Waals surface area contributed by atoms with Crippen molar-refractivity contribution in [3.05, 3.63) is 35.0 Å². The number of alkyl halides is 6. The van der Waals surface area contributed by atoms with Crippen LogP contribution in [0.15, 0.2) is 18.2 Å². The molecule has 0 aliphatic heterocycles. The third kappa shape index (κ3) is 5.78. The van der Waals surface area contributed by atoms with Gasteiger partial charge in [-0.2, -0.15) is 26.3 Å². The highest BCUT2D eigenvalue weighted by Gasteiger charge is 2.39. The number of nitrogens with zero attached hydrogens (tertiary/aromatic N) is 2. The van der Waals surface area contributed by atoms with Gasteiger partial charge in [0.15, 0.2) is 0 Å². The van der Waals surface area contributed by atoms with Crippen molar-refractivity contribution >= 4 is 5.82 Å². The molecule has 0 aliphatic rings. The number of hydrogen-bond acceptors (Lipinski definition) is 5. The van der Waals surface area contributed by atoms with Crippen molar-refractivity contribution in [2.24, 2.45) is 0 Å². The number of aryl methyl sites for hydroxylation is 1. The van der Waals surface area contributed by atoms with E-state index in [0.29, 0.717) is 18.9 Å². The molecule has 0 atom stereocenters. The Balaban J connectivity index is 2.62. The van der Waals surface area contributed by atoms with Gasteiger partial charge in [0.25, 0.3) is 5.88 Å². The van der Waals surface area contributed by atoms with Crippen molar-refractivity contribution in [2.45, 2.75) is 58.5 Å². The fourth-order valence-electron chi connectivity index (χ4n) is 2.88. The van der Waals surface area contributed by atoms with Gasteiger partial charge in [0.2, 0.25) is 5.82 Å². The number of anilines is 1. The molecule has 2 aromatic rings. The van der Waals surface area contributed by atoms with Crippen LogP contribution < -0.4 is 10.2 Å². The van der Waals surface area contributed by atoms with E-state index in [1.807, 2.05) is 13.8 Å². The average molecular weight is 451 g/mol. The molecule has 1 aromatic heterocycles. The van der Waals surface area contributed by atoms with E-state index < -0.39 is 29.0 Å². The quantitative estimate of drug-likeness (QED) is 0.378. The van der Waals surface area contributed by atoms with Gasteiger partial charge >= 0.3 is 12.4 Å². The molecular weight excluding hydrogens is 428 g/mol. The SMILES string of the molecule is CCc1nc(NOC(CC)CC)c(OC)nc1-c1ccc(C(F)(F)F)cc1C(F)(F)F. The van der Waals surface area contributed by atoms with E-state index in [1.54, 1.807) is 6.92 Å². The molecule has 0 fully saturated rings. The van der Waals surface area contributed by atoms with Gasteiger partial charge in [-0.05, 0) is 31.4 Å². The highest BCUT2D eigenvalue weighted by Crippen LogP contribution is 2.42. The number of halogens is 6. The first kappa shape index (κ1) is 24.7. The number of benzene rings is 1. The summed E-state index contributed by atoms with van der Waals surface area (Å²) >= 11 is 0. The number of ether oxygens (including phenoxy) is 1. The topological polar surface area (TPSA) is 56.3 Å². The second-order valence-corrected chi connectivity index (χ2v) is 6.64. The highest BCUT2D eigenvalue weighted by molar-refractivity contribution is 5.69. The van der Waals surface area contributed by atoms with Crippen LogP contribution in [0.5, 0.6) is 5.88 Å². The van der Waals surface area contributed by atoms with Crippen LogP contribution in [0.4, 0.5) is 32.2 Å². The standard InChI is InChI=1S/C20H23F6N3O2/c1-5-12(6-2)31-29-17-18(30-4)28-16(15(7-3)27-17)13-9-8-11(19(21,22)23)10-14(13)20(24,25)26/h8-10,12H,5-7H2,1-4H3,(H,27,29). The zero-order chi connectivity index (χ0) is 23.4. The molecule has 0 amide bonds. The van der Waals surface area contributed by atoms with Crippen molar-refractivity contribution in [3.8, 4) is 17.1 Å². The van der Waals surface area contributed by atoms with Crippen LogP contribution in [0.1, 0.15) is 50.4 Å². The van der Waals surface area contributed by atoms with Gasteiger partial charge in [-0.15, -0.1) is 0 Å². The molecule has 0 spiro atoms. The minimum absolute atomic E-state index is 0.0653. The predicted octanol–water partition coefficient (Wildman–Crippen LogP) is 6.28. The predicted molar refractivity (Wildman–Crippen MR) is 102 cm³/mol. The molecule has 0 aliphatic carbocycles. The molecule has 1 N–H and O–H groups in total. The fourth-order valence-corrected chi connectivity index (χ4v) is 2.88. The zero-order valence-corrected chi connectivity index (χ0v) is 17.4. The Kier molecular flexibility index (Phi) is 7.74. The molecule has 31 heavy (non-hydrogen) atoms. The van der Waals surface area contributed by atoms with E-state index in [4.69, 9.17) is 9.57 Å². The van der Waals surface area contributed by atoms with Crippen LogP contribution in [0.3, 0.4) is 0 Å². The smallest absolute Gasteiger partial charge is 0.417 e. The molecule has 2 rings (SSSR count). The monoisotopic (exact) mass is 451 g/mol. The van der Waals surface area contributed by atoms with Crippen LogP contribution >= 0.6 is 0 Å². The summed E-state index contributed by atoms with van der Waals surface area (Å²) in [7, 11) is 1.25. The maximum atomic E-state index is 13.6. The van der Waals surface area contributed by atoms with Gasteiger partial charge in [-0.25, -0.2) is 15.4 Å². The molecule has 0 bridgehead atoms. The summed E-state index contributed by atoms with van der Waals surface area (Å²) in [5.41, 5.74) is -0.828. The Hall–Kier alpha value is -2.56. The van der Waals surface area contributed by atoms with Crippen LogP contribution in [-0.4, -0.2) is 23.2 Å². The number of methoxy groups -OCH3 is 1. The number of rotatable bonds is 8. The van der Waals surface area contributed by atoms with Crippen LogP contribution in [0.25, 0.3) is 11.3 Å². The zero-order valence-electron chi connectivity index (χ0n) is 17.4. The summed E-state index contributed by atoms with van der Waals surface area (Å²) in [6, 6.07) is 1.41. The minimum Gasteiger partial charge on any atom is -0.478 e. The second kappa shape index (κ2) is 9.71. The number of nitrogens with one attached hydrogen (secondary N) is 1. The Morgan fingerprint density at radius 1 is 0.968 bits per heavy atom. The van der Waals surface area contributed by atoms with Crippen molar-refractivity contribution in [3.63, 3.8) is 0 Å². The lowest BCUT2D eigenvalue weighted by molar-refractivity contribution is -0.142. The van der Waals surface area contributed by atoms with Crippen LogP contribution in [0, 0.1) is 0 Å². The summed E-state index contributed by atoms with van der Waals surface area (Å²) in [5, 5.41) is 0. The molecule has 11 heteroatoms. The molecule has 172 valence electrons. The Bertz CT molecular complexity index is 896. The van der Waals surface area contributed by atoms with E-state index in [1.165, 1.54) is 7.11 Å². The molecule has 1 heterocycles. The average Bonchev–Trinajstić information content (AvgIpc) is 2.72.